The number of allylic oxidation sites excluding steroid dienone is 2. The minimum absolute atomic E-state index is 1.46. The highest BCUT2D eigenvalue weighted by atomic mass is 14.3. The fraction of sp³-hybridized carbons (Fsp3) is 0.438. The molecule has 85 valence electrons. The summed E-state index contributed by atoms with van der Waals surface area (Å²) in [7, 11) is 0. The summed E-state index contributed by atoms with van der Waals surface area (Å²) in [5.41, 5.74) is 11.8. The van der Waals surface area contributed by atoms with Gasteiger partial charge in [0.15, 0.2) is 0 Å². The van der Waals surface area contributed by atoms with Gasteiger partial charge in [-0.15, -0.1) is 0 Å². The molecule has 0 saturated carbocycles. The fourth-order valence-electron chi connectivity index (χ4n) is 2.91. The molecule has 0 spiro atoms. The molecule has 1 aliphatic rings. The van der Waals surface area contributed by atoms with Gasteiger partial charge < -0.3 is 0 Å². The van der Waals surface area contributed by atoms with Crippen LogP contribution in [0.5, 0.6) is 0 Å². The summed E-state index contributed by atoms with van der Waals surface area (Å²) >= 11 is 0. The third-order valence-corrected chi connectivity index (χ3v) is 4.56. The van der Waals surface area contributed by atoms with Crippen molar-refractivity contribution in [3.05, 3.63) is 44.9 Å². The van der Waals surface area contributed by atoms with Gasteiger partial charge in [0, 0.05) is 5.92 Å². The van der Waals surface area contributed by atoms with Gasteiger partial charge in [0.1, 0.15) is 0 Å². The van der Waals surface area contributed by atoms with Crippen LogP contribution in [-0.2, 0) is 0 Å². The first-order chi connectivity index (χ1) is 7.37. The molecule has 2 rings (SSSR count). The van der Waals surface area contributed by atoms with Crippen LogP contribution in [-0.4, -0.2) is 0 Å². The van der Waals surface area contributed by atoms with Crippen molar-refractivity contribution in [1.29, 1.82) is 0 Å². The van der Waals surface area contributed by atoms with Crippen molar-refractivity contribution in [2.24, 2.45) is 0 Å². The Balaban J connectivity index is 2.89. The van der Waals surface area contributed by atoms with Crippen molar-refractivity contribution in [3.63, 3.8) is 0 Å². The monoisotopic (exact) mass is 213 g/mol. The second-order valence-electron chi connectivity index (χ2n) is 5.12. The highest BCUT2D eigenvalue weighted by molar-refractivity contribution is 5.85. The van der Waals surface area contributed by atoms with Gasteiger partial charge in [-0.1, -0.05) is 12.5 Å². The van der Waals surface area contributed by atoms with Gasteiger partial charge in [-0.05, 0) is 80.5 Å². The molecule has 0 saturated heterocycles. The average molecular weight is 213 g/mol. The summed E-state index contributed by atoms with van der Waals surface area (Å²) in [6, 6.07) is 0. The molecule has 1 aromatic carbocycles. The number of benzene rings is 1. The van der Waals surface area contributed by atoms with Gasteiger partial charge in [-0.25, -0.2) is 0 Å². The van der Waals surface area contributed by atoms with E-state index in [4.69, 9.17) is 0 Å². The molecule has 0 atom stereocenters. The number of hydrogen-bond donors (Lipinski definition) is 0. The Morgan fingerprint density at radius 2 is 0.875 bits per heavy atom. The highest BCUT2D eigenvalue weighted by Gasteiger charge is 2.28. The van der Waals surface area contributed by atoms with E-state index >= 15 is 0 Å². The number of rotatable bonds is 0. The van der Waals surface area contributed by atoms with E-state index in [0.29, 0.717) is 0 Å². The van der Waals surface area contributed by atoms with Crippen molar-refractivity contribution in [2.45, 2.75) is 48.5 Å². The van der Waals surface area contributed by atoms with Crippen molar-refractivity contribution < 1.29 is 0 Å². The van der Waals surface area contributed by atoms with Crippen LogP contribution in [0.4, 0.5) is 0 Å². The predicted molar refractivity (Wildman–Crippen MR) is 71.7 cm³/mol. The maximum atomic E-state index is 2.26. The zero-order valence-electron chi connectivity index (χ0n) is 11.5. The highest BCUT2D eigenvalue weighted by Crippen LogP contribution is 2.45. The Bertz CT molecular complexity index is 502. The molecule has 0 bridgehead atoms. The van der Waals surface area contributed by atoms with Crippen LogP contribution in [0, 0.1) is 33.6 Å². The van der Waals surface area contributed by atoms with Gasteiger partial charge >= 0.3 is 0 Å². The van der Waals surface area contributed by atoms with Crippen molar-refractivity contribution in [2.75, 3.05) is 0 Å². The molecule has 0 heteroatoms. The van der Waals surface area contributed by atoms with Crippen LogP contribution in [0.1, 0.15) is 54.2 Å². The SMILES string of the molecule is C[C]1C(C)=C(C)c2c(C)c(C)c(C)c(C)c21. The van der Waals surface area contributed by atoms with E-state index in [2.05, 4.69) is 48.5 Å². The van der Waals surface area contributed by atoms with Crippen molar-refractivity contribution >= 4 is 5.57 Å². The van der Waals surface area contributed by atoms with Crippen LogP contribution in [0.3, 0.4) is 0 Å². The lowest BCUT2D eigenvalue weighted by molar-refractivity contribution is 1.12. The van der Waals surface area contributed by atoms with Crippen LogP contribution < -0.4 is 0 Å². The molecule has 1 aliphatic carbocycles. The molecule has 16 heavy (non-hydrogen) atoms. The molecule has 0 unspecified atom stereocenters. The average Bonchev–Trinajstić information content (AvgIpc) is 2.48. The van der Waals surface area contributed by atoms with E-state index in [9.17, 15) is 0 Å². The summed E-state index contributed by atoms with van der Waals surface area (Å²) in [5.74, 6) is 1.47. The van der Waals surface area contributed by atoms with Crippen molar-refractivity contribution in [3.8, 4) is 0 Å². The summed E-state index contributed by atoms with van der Waals surface area (Å²) in [6.07, 6.45) is 0. The molecule has 1 aromatic rings. The molecule has 0 nitrogen and oxygen atoms in total. The summed E-state index contributed by atoms with van der Waals surface area (Å²) in [5, 5.41) is 0. The minimum atomic E-state index is 1.46. The Morgan fingerprint density at radius 1 is 0.438 bits per heavy atom. The normalized spacial score (nSPS) is 15.9. The first-order valence-electron chi connectivity index (χ1n) is 6.00. The summed E-state index contributed by atoms with van der Waals surface area (Å²) in [6.45, 7) is 15.8. The van der Waals surface area contributed by atoms with Crippen LogP contribution in [0.25, 0.3) is 5.57 Å². The Kier molecular flexibility index (Phi) is 2.49. The molecule has 0 heterocycles. The third-order valence-electron chi connectivity index (χ3n) is 4.56. The second-order valence-corrected chi connectivity index (χ2v) is 5.12. The lowest BCUT2D eigenvalue weighted by Gasteiger charge is -2.18. The second kappa shape index (κ2) is 3.48. The Morgan fingerprint density at radius 3 is 1.38 bits per heavy atom. The van der Waals surface area contributed by atoms with Gasteiger partial charge in [-0.3, -0.25) is 0 Å². The summed E-state index contributed by atoms with van der Waals surface area (Å²) < 4.78 is 0. The topological polar surface area (TPSA) is 0 Å². The van der Waals surface area contributed by atoms with Gasteiger partial charge in [0.2, 0.25) is 0 Å². The fourth-order valence-corrected chi connectivity index (χ4v) is 2.91. The largest absolute Gasteiger partial charge is 0.0582 e. The number of hydrogen-bond acceptors (Lipinski definition) is 0. The van der Waals surface area contributed by atoms with E-state index in [1.807, 2.05) is 0 Å². The van der Waals surface area contributed by atoms with Crippen LogP contribution in [0.15, 0.2) is 5.57 Å². The van der Waals surface area contributed by atoms with E-state index in [-0.39, 0.29) is 0 Å². The van der Waals surface area contributed by atoms with Gasteiger partial charge in [-0.2, -0.15) is 0 Å². The maximum Gasteiger partial charge on any atom is 0.0277 e. The summed E-state index contributed by atoms with van der Waals surface area (Å²) in [4.78, 5) is 0. The lowest BCUT2D eigenvalue weighted by atomic mass is 9.86. The smallest absolute Gasteiger partial charge is 0.0277 e. The zero-order chi connectivity index (χ0) is 12.2. The molecule has 0 amide bonds. The lowest BCUT2D eigenvalue weighted by Crippen LogP contribution is -2.03. The van der Waals surface area contributed by atoms with Gasteiger partial charge in [0.05, 0.1) is 0 Å². The molecule has 0 aliphatic heterocycles. The first kappa shape index (κ1) is 11.4. The predicted octanol–water partition coefficient (Wildman–Crippen LogP) is 4.67. The Hall–Kier alpha value is -1.04. The quantitative estimate of drug-likeness (QED) is 0.587. The Labute approximate surface area is 99.4 Å². The first-order valence-corrected chi connectivity index (χ1v) is 6.00. The van der Waals surface area contributed by atoms with Crippen molar-refractivity contribution in [1.82, 2.24) is 0 Å². The van der Waals surface area contributed by atoms with E-state index < -0.39 is 0 Å². The molecule has 0 N–H and O–H groups in total. The van der Waals surface area contributed by atoms with E-state index in [0.717, 1.165) is 0 Å². The maximum absolute atomic E-state index is 2.26. The molecule has 1 radical (unpaired) electrons. The molecule has 0 aromatic heterocycles. The van der Waals surface area contributed by atoms with E-state index in [1.165, 1.54) is 50.4 Å². The molecular formula is C16H21. The molecule has 0 fully saturated rings. The van der Waals surface area contributed by atoms with Crippen LogP contribution >= 0.6 is 0 Å². The van der Waals surface area contributed by atoms with Gasteiger partial charge in [0.25, 0.3) is 0 Å². The standard InChI is InChI=1S/C16H21/c1-8-9(2)12(5)16-14(7)10(3)13(6)15(16)11(8)4/h1-7H3. The zero-order valence-corrected chi connectivity index (χ0v) is 11.5. The molecular weight excluding hydrogens is 192 g/mol. The van der Waals surface area contributed by atoms with E-state index in [1.54, 1.807) is 0 Å². The minimum Gasteiger partial charge on any atom is -0.0582 e. The van der Waals surface area contributed by atoms with Crippen LogP contribution in [0.2, 0.25) is 0 Å². The third kappa shape index (κ3) is 1.22. The number of fused-ring (bicyclic) bond motifs is 1.